The highest BCUT2D eigenvalue weighted by Gasteiger charge is 2.21. The average molecular weight is 264 g/mol. The predicted octanol–water partition coefficient (Wildman–Crippen LogP) is 1.11. The van der Waals surface area contributed by atoms with E-state index in [9.17, 15) is 14.0 Å². The number of nitrogens with zero attached hydrogens (tertiary/aromatic N) is 1. The van der Waals surface area contributed by atoms with Crippen molar-refractivity contribution in [3.63, 3.8) is 0 Å². The van der Waals surface area contributed by atoms with Gasteiger partial charge >= 0.3 is 0 Å². The van der Waals surface area contributed by atoms with Crippen LogP contribution < -0.4 is 5.32 Å². The molecule has 1 saturated heterocycles. The Bertz CT molecular complexity index is 476. The minimum absolute atomic E-state index is 0.0419. The Labute approximate surface area is 111 Å². The lowest BCUT2D eigenvalue weighted by atomic mass is 10.1. The molecule has 1 heterocycles. The van der Waals surface area contributed by atoms with Gasteiger partial charge in [0.25, 0.3) is 0 Å². The summed E-state index contributed by atoms with van der Waals surface area (Å²) < 4.78 is 12.9. The summed E-state index contributed by atoms with van der Waals surface area (Å²) in [5.41, 5.74) is 0.845. The fourth-order valence-corrected chi connectivity index (χ4v) is 2.14. The summed E-state index contributed by atoms with van der Waals surface area (Å²) in [7, 11) is 0. The summed E-state index contributed by atoms with van der Waals surface area (Å²) in [6, 6.07) is 6.31. The van der Waals surface area contributed by atoms with Gasteiger partial charge in [-0.05, 0) is 30.5 Å². The molecule has 2 amide bonds. The lowest BCUT2D eigenvalue weighted by Crippen LogP contribution is -2.38. The van der Waals surface area contributed by atoms with Crippen LogP contribution in [-0.2, 0) is 16.0 Å². The molecule has 1 aromatic carbocycles. The Kier molecular flexibility index (Phi) is 4.49. The number of rotatable bonds is 5. The van der Waals surface area contributed by atoms with Gasteiger partial charge in [0.15, 0.2) is 0 Å². The highest BCUT2D eigenvalue weighted by molar-refractivity contribution is 5.85. The number of carbonyl (C=O) groups is 2. The maximum atomic E-state index is 12.9. The Balaban J connectivity index is 1.70. The lowest BCUT2D eigenvalue weighted by molar-refractivity contribution is -0.133. The number of hydrogen-bond acceptors (Lipinski definition) is 2. The van der Waals surface area contributed by atoms with Crippen LogP contribution in [0.4, 0.5) is 4.39 Å². The van der Waals surface area contributed by atoms with E-state index < -0.39 is 0 Å². The minimum atomic E-state index is -0.272. The number of likely N-dealkylation sites (tertiary alicyclic amines) is 1. The summed E-state index contributed by atoms with van der Waals surface area (Å²) >= 11 is 0. The molecule has 2 rings (SSSR count). The molecule has 19 heavy (non-hydrogen) atoms. The predicted molar refractivity (Wildman–Crippen MR) is 68.9 cm³/mol. The molecule has 0 radical (unpaired) electrons. The molecule has 0 atom stereocenters. The molecular formula is C14H17FN2O2. The zero-order chi connectivity index (χ0) is 13.7. The molecule has 0 aliphatic carbocycles. The fourth-order valence-electron chi connectivity index (χ4n) is 2.14. The van der Waals surface area contributed by atoms with Crippen molar-refractivity contribution in [2.75, 3.05) is 19.6 Å². The topological polar surface area (TPSA) is 49.4 Å². The van der Waals surface area contributed by atoms with Crippen molar-refractivity contribution in [2.24, 2.45) is 0 Å². The molecule has 0 bridgehead atoms. The van der Waals surface area contributed by atoms with Crippen LogP contribution in [0.1, 0.15) is 18.4 Å². The van der Waals surface area contributed by atoms with Crippen molar-refractivity contribution < 1.29 is 14.0 Å². The van der Waals surface area contributed by atoms with Gasteiger partial charge < -0.3 is 10.2 Å². The van der Waals surface area contributed by atoms with Crippen molar-refractivity contribution in [3.05, 3.63) is 35.6 Å². The van der Waals surface area contributed by atoms with Gasteiger partial charge in [0.05, 0.1) is 6.54 Å². The van der Waals surface area contributed by atoms with E-state index >= 15 is 0 Å². The third kappa shape index (κ3) is 4.05. The van der Waals surface area contributed by atoms with Gasteiger partial charge in [0.2, 0.25) is 11.8 Å². The monoisotopic (exact) mass is 264 g/mol. The van der Waals surface area contributed by atoms with Crippen LogP contribution in [0.5, 0.6) is 0 Å². The Morgan fingerprint density at radius 1 is 1.42 bits per heavy atom. The second-order valence-corrected chi connectivity index (χ2v) is 4.65. The number of amides is 2. The number of nitrogens with one attached hydrogen (secondary N) is 1. The molecule has 0 aromatic heterocycles. The standard InChI is InChI=1S/C14H17FN2O2/c15-12-4-1-3-11(9-12)6-7-16-13(18)10-17-8-2-5-14(17)19/h1,3-4,9H,2,5-8,10H2,(H,16,18). The van der Waals surface area contributed by atoms with Gasteiger partial charge in [-0.15, -0.1) is 0 Å². The van der Waals surface area contributed by atoms with Gasteiger partial charge in [-0.2, -0.15) is 0 Å². The van der Waals surface area contributed by atoms with Gasteiger partial charge in [-0.3, -0.25) is 9.59 Å². The summed E-state index contributed by atoms with van der Waals surface area (Å²) in [6.45, 7) is 1.24. The minimum Gasteiger partial charge on any atom is -0.354 e. The van der Waals surface area contributed by atoms with E-state index in [2.05, 4.69) is 5.32 Å². The summed E-state index contributed by atoms with van der Waals surface area (Å²) in [4.78, 5) is 24.5. The normalized spacial score (nSPS) is 14.8. The van der Waals surface area contributed by atoms with E-state index in [-0.39, 0.29) is 24.2 Å². The van der Waals surface area contributed by atoms with Gasteiger partial charge in [-0.25, -0.2) is 4.39 Å². The first kappa shape index (κ1) is 13.5. The molecule has 5 heteroatoms. The van der Waals surface area contributed by atoms with Crippen molar-refractivity contribution in [1.82, 2.24) is 10.2 Å². The van der Waals surface area contributed by atoms with Crippen molar-refractivity contribution in [2.45, 2.75) is 19.3 Å². The molecule has 102 valence electrons. The quantitative estimate of drug-likeness (QED) is 0.866. The van der Waals surface area contributed by atoms with E-state index in [1.807, 2.05) is 6.07 Å². The van der Waals surface area contributed by atoms with Crippen LogP contribution in [0.3, 0.4) is 0 Å². The van der Waals surface area contributed by atoms with Crippen LogP contribution >= 0.6 is 0 Å². The molecule has 1 fully saturated rings. The van der Waals surface area contributed by atoms with E-state index in [4.69, 9.17) is 0 Å². The van der Waals surface area contributed by atoms with E-state index in [0.29, 0.717) is 25.9 Å². The maximum absolute atomic E-state index is 12.9. The van der Waals surface area contributed by atoms with Gasteiger partial charge in [0, 0.05) is 19.5 Å². The third-order valence-corrected chi connectivity index (χ3v) is 3.13. The summed E-state index contributed by atoms with van der Waals surface area (Å²) in [5, 5.41) is 2.74. The van der Waals surface area contributed by atoms with Gasteiger partial charge in [0.1, 0.15) is 5.82 Å². The molecule has 1 aromatic rings. The van der Waals surface area contributed by atoms with E-state index in [1.165, 1.54) is 12.1 Å². The van der Waals surface area contributed by atoms with Crippen LogP contribution in [0, 0.1) is 5.82 Å². The number of halogens is 1. The first-order valence-corrected chi connectivity index (χ1v) is 6.44. The first-order valence-electron chi connectivity index (χ1n) is 6.44. The molecule has 0 unspecified atom stereocenters. The molecule has 0 saturated carbocycles. The lowest BCUT2D eigenvalue weighted by Gasteiger charge is -2.14. The van der Waals surface area contributed by atoms with Crippen LogP contribution in [0.25, 0.3) is 0 Å². The van der Waals surface area contributed by atoms with Crippen molar-refractivity contribution in [3.8, 4) is 0 Å². The molecule has 1 aliphatic heterocycles. The maximum Gasteiger partial charge on any atom is 0.239 e. The zero-order valence-corrected chi connectivity index (χ0v) is 10.7. The summed E-state index contributed by atoms with van der Waals surface area (Å²) in [5.74, 6) is -0.390. The van der Waals surface area contributed by atoms with Crippen LogP contribution in [0.2, 0.25) is 0 Å². The van der Waals surface area contributed by atoms with Crippen molar-refractivity contribution >= 4 is 11.8 Å². The van der Waals surface area contributed by atoms with Gasteiger partial charge in [-0.1, -0.05) is 12.1 Å². The largest absolute Gasteiger partial charge is 0.354 e. The molecule has 1 aliphatic rings. The van der Waals surface area contributed by atoms with Crippen molar-refractivity contribution in [1.29, 1.82) is 0 Å². The number of hydrogen-bond donors (Lipinski definition) is 1. The zero-order valence-electron chi connectivity index (χ0n) is 10.7. The third-order valence-electron chi connectivity index (χ3n) is 3.13. The van der Waals surface area contributed by atoms with E-state index in [1.54, 1.807) is 11.0 Å². The SMILES string of the molecule is O=C(CN1CCCC1=O)NCCc1cccc(F)c1. The highest BCUT2D eigenvalue weighted by atomic mass is 19.1. The number of carbonyl (C=O) groups excluding carboxylic acids is 2. The highest BCUT2D eigenvalue weighted by Crippen LogP contribution is 2.08. The van der Waals surface area contributed by atoms with Crippen LogP contribution in [-0.4, -0.2) is 36.3 Å². The molecule has 1 N–H and O–H groups in total. The second kappa shape index (κ2) is 6.31. The first-order chi connectivity index (χ1) is 9.15. The van der Waals surface area contributed by atoms with Crippen LogP contribution in [0.15, 0.2) is 24.3 Å². The Morgan fingerprint density at radius 3 is 2.95 bits per heavy atom. The summed E-state index contributed by atoms with van der Waals surface area (Å²) in [6.07, 6.45) is 1.95. The molecule has 0 spiro atoms. The molecule has 4 nitrogen and oxygen atoms in total. The fraction of sp³-hybridized carbons (Fsp3) is 0.429. The number of benzene rings is 1. The Hall–Kier alpha value is -1.91. The smallest absolute Gasteiger partial charge is 0.239 e. The molecular weight excluding hydrogens is 247 g/mol. The Morgan fingerprint density at radius 2 is 2.26 bits per heavy atom. The van der Waals surface area contributed by atoms with E-state index in [0.717, 1.165) is 12.0 Å². The average Bonchev–Trinajstić information content (AvgIpc) is 2.75. The second-order valence-electron chi connectivity index (χ2n) is 4.65.